The molecule has 12 atom stereocenters. The lowest BCUT2D eigenvalue weighted by Gasteiger charge is -2.46. The fraction of sp³-hybridized carbons (Fsp3) is 0.806. The Morgan fingerprint density at radius 3 is 2.38 bits per heavy atom. The molecule has 0 aromatic heterocycles. The lowest BCUT2D eigenvalue weighted by Crippen LogP contribution is -2.61. The normalized spacial score (nSPS) is 44.2. The zero-order chi connectivity index (χ0) is 29.7. The minimum Gasteiger partial charge on any atom is -0.396 e. The monoisotopic (exact) mass is 566 g/mol. The predicted octanol–water partition coefficient (Wildman–Crippen LogP) is 1.84. The SMILES string of the molecule is C=CC(C)(C)OC[C@H]1O[C@H](O[C@@H]2C3=C(C(C)C)C[C@H](O)[C@]3(C)C=C3[C@H](CO)CC[C@H]3[C@@H](C)[C@H]2O)[C@H](O)[C@@H](O)[C@@H]1O. The van der Waals surface area contributed by atoms with Gasteiger partial charge >= 0.3 is 0 Å². The van der Waals surface area contributed by atoms with Gasteiger partial charge in [-0.25, -0.2) is 0 Å². The molecule has 0 unspecified atom stereocenters. The molecule has 40 heavy (non-hydrogen) atoms. The molecule has 9 nitrogen and oxygen atoms in total. The third kappa shape index (κ3) is 5.62. The highest BCUT2D eigenvalue weighted by molar-refractivity contribution is 5.43. The van der Waals surface area contributed by atoms with Crippen LogP contribution in [0.2, 0.25) is 0 Å². The van der Waals surface area contributed by atoms with Crippen molar-refractivity contribution in [2.24, 2.45) is 29.1 Å². The molecule has 0 aromatic rings. The number of rotatable bonds is 8. The van der Waals surface area contributed by atoms with Gasteiger partial charge in [-0.05, 0) is 63.4 Å². The second-order valence-corrected chi connectivity index (χ2v) is 13.3. The first-order valence-electron chi connectivity index (χ1n) is 14.7. The van der Waals surface area contributed by atoms with Crippen molar-refractivity contribution >= 4 is 0 Å². The first kappa shape index (κ1) is 31.8. The second-order valence-electron chi connectivity index (χ2n) is 13.3. The average molecular weight is 567 g/mol. The average Bonchev–Trinajstić information content (AvgIpc) is 3.42. The quantitative estimate of drug-likeness (QED) is 0.242. The third-order valence-electron chi connectivity index (χ3n) is 9.97. The van der Waals surface area contributed by atoms with Gasteiger partial charge in [-0.1, -0.05) is 44.1 Å². The number of fused-ring (bicyclic) bond motifs is 2. The van der Waals surface area contributed by atoms with E-state index in [0.717, 1.165) is 29.6 Å². The smallest absolute Gasteiger partial charge is 0.187 e. The Morgan fingerprint density at radius 1 is 1.10 bits per heavy atom. The van der Waals surface area contributed by atoms with Crippen molar-refractivity contribution in [3.63, 3.8) is 0 Å². The van der Waals surface area contributed by atoms with E-state index in [1.165, 1.54) is 0 Å². The van der Waals surface area contributed by atoms with Crippen LogP contribution in [-0.4, -0.2) is 98.5 Å². The summed E-state index contributed by atoms with van der Waals surface area (Å²) in [6.45, 7) is 15.3. The summed E-state index contributed by atoms with van der Waals surface area (Å²) < 4.78 is 18.3. The molecule has 0 aromatic carbocycles. The van der Waals surface area contributed by atoms with Crippen LogP contribution < -0.4 is 0 Å². The zero-order valence-corrected chi connectivity index (χ0v) is 24.7. The molecule has 4 rings (SSSR count). The van der Waals surface area contributed by atoms with Gasteiger partial charge in [0.15, 0.2) is 6.29 Å². The summed E-state index contributed by atoms with van der Waals surface area (Å²) in [5.74, 6) is -0.220. The molecule has 1 saturated carbocycles. The molecule has 0 amide bonds. The molecule has 0 bridgehead atoms. The third-order valence-corrected chi connectivity index (χ3v) is 9.97. The van der Waals surface area contributed by atoms with Crippen LogP contribution in [0.1, 0.15) is 60.8 Å². The largest absolute Gasteiger partial charge is 0.396 e. The van der Waals surface area contributed by atoms with Crippen molar-refractivity contribution in [3.05, 3.63) is 35.5 Å². The molecule has 0 radical (unpaired) electrons. The van der Waals surface area contributed by atoms with Gasteiger partial charge in [0.25, 0.3) is 0 Å². The molecular formula is C31H50O9. The second kappa shape index (κ2) is 11.9. The Bertz CT molecular complexity index is 989. The fourth-order valence-electron chi connectivity index (χ4n) is 7.12. The minimum absolute atomic E-state index is 0.00109. The van der Waals surface area contributed by atoms with Gasteiger partial charge in [0.05, 0.1) is 24.4 Å². The van der Waals surface area contributed by atoms with Crippen LogP contribution in [0.15, 0.2) is 35.5 Å². The van der Waals surface area contributed by atoms with Gasteiger partial charge in [0.2, 0.25) is 0 Å². The Hall–Kier alpha value is -1.14. The van der Waals surface area contributed by atoms with E-state index in [9.17, 15) is 30.6 Å². The number of aliphatic hydroxyl groups excluding tert-OH is 6. The van der Waals surface area contributed by atoms with Gasteiger partial charge in [-0.3, -0.25) is 0 Å². The summed E-state index contributed by atoms with van der Waals surface area (Å²) in [4.78, 5) is 0. The molecular weight excluding hydrogens is 516 g/mol. The van der Waals surface area contributed by atoms with E-state index in [2.05, 4.69) is 12.7 Å². The lowest BCUT2D eigenvalue weighted by atomic mass is 9.68. The van der Waals surface area contributed by atoms with Gasteiger partial charge in [-0.15, -0.1) is 6.58 Å². The van der Waals surface area contributed by atoms with Gasteiger partial charge in [-0.2, -0.15) is 0 Å². The maximum absolute atomic E-state index is 11.9. The van der Waals surface area contributed by atoms with E-state index >= 15 is 0 Å². The summed E-state index contributed by atoms with van der Waals surface area (Å²) >= 11 is 0. The molecule has 4 aliphatic rings. The van der Waals surface area contributed by atoms with E-state index in [4.69, 9.17) is 14.2 Å². The molecule has 9 heteroatoms. The maximum atomic E-state index is 11.9. The highest BCUT2D eigenvalue weighted by atomic mass is 16.7. The standard InChI is InChI=1S/C31H50O9/c1-8-30(5,6)38-14-21-25(35)26(36)27(37)29(39-21)40-28-23-19(15(2)3)11-22(33)31(23,7)12-20-17(13-32)9-10-18(20)16(4)24(28)34/h8,12,15-18,21-22,24-29,32-37H,1,9-11,13-14H2,2-7H3/t16-,17+,18+,21-,22+,24-,25-,26+,27-,28-,29-,31+/m1/s1. The molecule has 6 N–H and O–H groups in total. The van der Waals surface area contributed by atoms with Crippen molar-refractivity contribution in [1.29, 1.82) is 0 Å². The molecule has 1 heterocycles. The maximum Gasteiger partial charge on any atom is 0.187 e. The van der Waals surface area contributed by atoms with E-state index in [0.29, 0.717) is 6.42 Å². The first-order chi connectivity index (χ1) is 18.7. The summed E-state index contributed by atoms with van der Waals surface area (Å²) in [7, 11) is 0. The Balaban J connectivity index is 1.74. The van der Waals surface area contributed by atoms with Crippen molar-refractivity contribution in [2.45, 2.75) is 115 Å². The molecule has 3 aliphatic carbocycles. The van der Waals surface area contributed by atoms with E-state index in [1.54, 1.807) is 19.9 Å². The molecule has 228 valence electrons. The summed E-state index contributed by atoms with van der Waals surface area (Å²) in [6.07, 6.45) is -3.93. The first-order valence-corrected chi connectivity index (χ1v) is 14.7. The number of hydrogen-bond acceptors (Lipinski definition) is 9. The Kier molecular flexibility index (Phi) is 9.42. The van der Waals surface area contributed by atoms with Crippen LogP contribution in [0, 0.1) is 29.1 Å². The Labute approximate surface area is 238 Å². The fourth-order valence-corrected chi connectivity index (χ4v) is 7.12. The van der Waals surface area contributed by atoms with Crippen LogP contribution in [0.25, 0.3) is 0 Å². The van der Waals surface area contributed by atoms with Crippen LogP contribution in [0.3, 0.4) is 0 Å². The van der Waals surface area contributed by atoms with Crippen LogP contribution in [0.4, 0.5) is 0 Å². The zero-order valence-electron chi connectivity index (χ0n) is 24.7. The molecule has 1 saturated heterocycles. The van der Waals surface area contributed by atoms with Crippen LogP contribution in [-0.2, 0) is 14.2 Å². The van der Waals surface area contributed by atoms with E-state index in [-0.39, 0.29) is 36.9 Å². The number of ether oxygens (including phenoxy) is 3. The van der Waals surface area contributed by atoms with Gasteiger partial charge in [0.1, 0.15) is 30.5 Å². The highest BCUT2D eigenvalue weighted by Crippen LogP contribution is 2.55. The van der Waals surface area contributed by atoms with Crippen molar-refractivity contribution in [3.8, 4) is 0 Å². The molecule has 0 spiro atoms. The van der Waals surface area contributed by atoms with Crippen LogP contribution in [0.5, 0.6) is 0 Å². The topological polar surface area (TPSA) is 149 Å². The van der Waals surface area contributed by atoms with Gasteiger partial charge in [0, 0.05) is 17.9 Å². The van der Waals surface area contributed by atoms with Crippen LogP contribution >= 0.6 is 0 Å². The van der Waals surface area contributed by atoms with Crippen molar-refractivity contribution in [2.75, 3.05) is 13.2 Å². The summed E-state index contributed by atoms with van der Waals surface area (Å²) in [6, 6.07) is 0. The van der Waals surface area contributed by atoms with Gasteiger partial charge < -0.3 is 44.8 Å². The van der Waals surface area contributed by atoms with E-state index < -0.39 is 60.0 Å². The number of hydrogen-bond donors (Lipinski definition) is 6. The lowest BCUT2D eigenvalue weighted by molar-refractivity contribution is -0.319. The van der Waals surface area contributed by atoms with E-state index in [1.807, 2.05) is 27.7 Å². The molecule has 2 fully saturated rings. The van der Waals surface area contributed by atoms with Crippen molar-refractivity contribution < 1.29 is 44.8 Å². The Morgan fingerprint density at radius 2 is 1.77 bits per heavy atom. The summed E-state index contributed by atoms with van der Waals surface area (Å²) in [5.41, 5.74) is 1.22. The summed E-state index contributed by atoms with van der Waals surface area (Å²) in [5, 5.41) is 65.8. The predicted molar refractivity (Wildman–Crippen MR) is 149 cm³/mol. The van der Waals surface area contributed by atoms with Crippen molar-refractivity contribution in [1.82, 2.24) is 0 Å². The number of aliphatic hydroxyl groups is 6. The molecule has 1 aliphatic heterocycles. The minimum atomic E-state index is -1.58. The highest BCUT2D eigenvalue weighted by Gasteiger charge is 2.55.